The van der Waals surface area contributed by atoms with E-state index in [4.69, 9.17) is 0 Å². The van der Waals surface area contributed by atoms with Gasteiger partial charge in [0.05, 0.1) is 17.3 Å². The third-order valence-electron chi connectivity index (χ3n) is 5.80. The molecule has 3 atom stereocenters. The highest BCUT2D eigenvalue weighted by Gasteiger charge is 2.37. The summed E-state index contributed by atoms with van der Waals surface area (Å²) in [6.45, 7) is 2.36. The van der Waals surface area contributed by atoms with E-state index in [-0.39, 0.29) is 12.5 Å². The summed E-state index contributed by atoms with van der Waals surface area (Å²) >= 11 is 0. The number of imidazole rings is 1. The Kier molecular flexibility index (Phi) is 3.19. The van der Waals surface area contributed by atoms with Gasteiger partial charge in [-0.15, -0.1) is 0 Å². The van der Waals surface area contributed by atoms with E-state index < -0.39 is 11.9 Å². The summed E-state index contributed by atoms with van der Waals surface area (Å²) in [5, 5.41) is 9.55. The number of nitrogens with zero attached hydrogens (tertiary/aromatic N) is 4. The summed E-state index contributed by atoms with van der Waals surface area (Å²) < 4.78 is 1.74. The number of imide groups is 1. The van der Waals surface area contributed by atoms with Gasteiger partial charge in [0.25, 0.3) is 0 Å². The summed E-state index contributed by atoms with van der Waals surface area (Å²) in [5.41, 5.74) is 2.52. The lowest BCUT2D eigenvalue weighted by Gasteiger charge is -2.24. The van der Waals surface area contributed by atoms with Crippen molar-refractivity contribution in [1.29, 1.82) is 0 Å². The molecule has 2 aromatic heterocycles. The molecule has 1 unspecified atom stereocenters. The average Bonchev–Trinajstić information content (AvgIpc) is 3.29. The fraction of sp³-hybridized carbons (Fsp3) is 0.529. The van der Waals surface area contributed by atoms with Crippen LogP contribution >= 0.6 is 0 Å². The van der Waals surface area contributed by atoms with Gasteiger partial charge >= 0.3 is 6.03 Å². The first-order valence-corrected chi connectivity index (χ1v) is 8.87. The van der Waals surface area contributed by atoms with Crippen molar-refractivity contribution in [1.82, 2.24) is 25.2 Å². The molecule has 3 aliphatic rings. The van der Waals surface area contributed by atoms with E-state index in [1.807, 2.05) is 6.07 Å². The molecule has 2 N–H and O–H groups in total. The molecular weight excluding hydrogens is 320 g/mol. The molecule has 8 heteroatoms. The van der Waals surface area contributed by atoms with Crippen molar-refractivity contribution in [2.75, 3.05) is 24.5 Å². The van der Waals surface area contributed by atoms with E-state index in [1.165, 1.54) is 19.3 Å². The Labute approximate surface area is 144 Å². The van der Waals surface area contributed by atoms with E-state index in [0.717, 1.165) is 36.3 Å². The van der Waals surface area contributed by atoms with Crippen molar-refractivity contribution in [3.8, 4) is 0 Å². The van der Waals surface area contributed by atoms with Gasteiger partial charge in [0.2, 0.25) is 5.91 Å². The Bertz CT molecular complexity index is 850. The van der Waals surface area contributed by atoms with E-state index in [1.54, 1.807) is 16.9 Å². The van der Waals surface area contributed by atoms with Gasteiger partial charge in [-0.05, 0) is 30.7 Å². The second kappa shape index (κ2) is 5.44. The SMILES string of the molecule is O=C1NCC(c2cc(N3C[C@H]4CCC[C@H]4C3)c3nccn3n2)C(=O)N1. The fourth-order valence-corrected chi connectivity index (χ4v) is 4.52. The van der Waals surface area contributed by atoms with Crippen LogP contribution in [0.5, 0.6) is 0 Å². The number of hydrogen-bond acceptors (Lipinski definition) is 5. The first-order chi connectivity index (χ1) is 12.2. The molecule has 0 aromatic carbocycles. The molecule has 1 aliphatic carbocycles. The number of amides is 3. The predicted octanol–water partition coefficient (Wildman–Crippen LogP) is 0.889. The molecule has 25 heavy (non-hydrogen) atoms. The monoisotopic (exact) mass is 340 g/mol. The van der Waals surface area contributed by atoms with E-state index in [2.05, 4.69) is 25.6 Å². The number of anilines is 1. The first-order valence-electron chi connectivity index (χ1n) is 8.87. The van der Waals surface area contributed by atoms with Crippen LogP contribution in [0.4, 0.5) is 10.5 Å². The van der Waals surface area contributed by atoms with Crippen LogP contribution < -0.4 is 15.5 Å². The van der Waals surface area contributed by atoms with Gasteiger partial charge in [-0.3, -0.25) is 10.1 Å². The Morgan fingerprint density at radius 3 is 2.72 bits per heavy atom. The summed E-state index contributed by atoms with van der Waals surface area (Å²) in [5.74, 6) is 0.748. The molecule has 3 amide bonds. The minimum atomic E-state index is -0.481. The Balaban J connectivity index is 1.53. The molecule has 0 radical (unpaired) electrons. The third kappa shape index (κ3) is 2.35. The normalized spacial score (nSPS) is 29.0. The molecule has 2 saturated heterocycles. The summed E-state index contributed by atoms with van der Waals surface area (Å²) in [7, 11) is 0. The second-order valence-electron chi connectivity index (χ2n) is 7.26. The summed E-state index contributed by atoms with van der Waals surface area (Å²) in [4.78, 5) is 30.4. The largest absolute Gasteiger partial charge is 0.368 e. The van der Waals surface area contributed by atoms with Crippen LogP contribution in [0.3, 0.4) is 0 Å². The van der Waals surface area contributed by atoms with Crippen LogP contribution in [0.1, 0.15) is 30.9 Å². The number of aromatic nitrogens is 3. The minimum absolute atomic E-state index is 0.266. The van der Waals surface area contributed by atoms with Crippen LogP contribution in [-0.2, 0) is 4.79 Å². The van der Waals surface area contributed by atoms with E-state index in [0.29, 0.717) is 5.69 Å². The lowest BCUT2D eigenvalue weighted by Crippen LogP contribution is -2.51. The van der Waals surface area contributed by atoms with Crippen LogP contribution in [0.2, 0.25) is 0 Å². The van der Waals surface area contributed by atoms with Crippen molar-refractivity contribution in [2.24, 2.45) is 11.8 Å². The summed E-state index contributed by atoms with van der Waals surface area (Å²) in [6, 6.07) is 1.53. The molecule has 1 saturated carbocycles. The average molecular weight is 340 g/mol. The molecule has 130 valence electrons. The van der Waals surface area contributed by atoms with Crippen LogP contribution in [0.25, 0.3) is 5.65 Å². The quantitative estimate of drug-likeness (QED) is 0.847. The molecule has 3 fully saturated rings. The summed E-state index contributed by atoms with van der Waals surface area (Å²) in [6.07, 6.45) is 7.49. The zero-order valence-corrected chi connectivity index (χ0v) is 13.8. The maximum atomic E-state index is 12.2. The molecular formula is C17H20N6O2. The highest BCUT2D eigenvalue weighted by Crippen LogP contribution is 2.40. The van der Waals surface area contributed by atoms with Gasteiger partial charge < -0.3 is 10.2 Å². The molecule has 4 heterocycles. The van der Waals surface area contributed by atoms with Crippen LogP contribution in [-0.4, -0.2) is 46.2 Å². The number of nitrogens with one attached hydrogen (secondary N) is 2. The minimum Gasteiger partial charge on any atom is -0.368 e. The van der Waals surface area contributed by atoms with Crippen LogP contribution in [0.15, 0.2) is 18.5 Å². The van der Waals surface area contributed by atoms with E-state index >= 15 is 0 Å². The van der Waals surface area contributed by atoms with Crippen molar-refractivity contribution in [3.63, 3.8) is 0 Å². The standard InChI is InChI=1S/C17H20N6O2/c24-16-12(7-19-17(25)20-16)13-6-14(15-18-4-5-23(15)21-13)22-8-10-2-1-3-11(10)9-22/h4-6,10-12H,1-3,7-9H2,(H2,19,20,24,25)/t10-,11+,12?. The zero-order valence-electron chi connectivity index (χ0n) is 13.8. The Morgan fingerprint density at radius 2 is 1.96 bits per heavy atom. The number of fused-ring (bicyclic) bond motifs is 2. The zero-order chi connectivity index (χ0) is 17.0. The molecule has 2 aromatic rings. The van der Waals surface area contributed by atoms with Gasteiger partial charge in [0.1, 0.15) is 0 Å². The molecule has 8 nitrogen and oxygen atoms in total. The third-order valence-corrected chi connectivity index (χ3v) is 5.80. The van der Waals surface area contributed by atoms with Crippen molar-refractivity contribution in [3.05, 3.63) is 24.2 Å². The second-order valence-corrected chi connectivity index (χ2v) is 7.26. The van der Waals surface area contributed by atoms with Crippen molar-refractivity contribution >= 4 is 23.3 Å². The van der Waals surface area contributed by atoms with Crippen molar-refractivity contribution < 1.29 is 9.59 Å². The van der Waals surface area contributed by atoms with Gasteiger partial charge in [0.15, 0.2) is 5.65 Å². The molecule has 2 aliphatic heterocycles. The number of hydrogen-bond donors (Lipinski definition) is 2. The topological polar surface area (TPSA) is 91.6 Å². The maximum Gasteiger partial charge on any atom is 0.321 e. The van der Waals surface area contributed by atoms with Crippen molar-refractivity contribution in [2.45, 2.75) is 25.2 Å². The predicted molar refractivity (Wildman–Crippen MR) is 90.3 cm³/mol. The highest BCUT2D eigenvalue weighted by atomic mass is 16.2. The van der Waals surface area contributed by atoms with Crippen LogP contribution in [0, 0.1) is 11.8 Å². The van der Waals surface area contributed by atoms with Gasteiger partial charge in [-0.2, -0.15) is 5.10 Å². The molecule has 5 rings (SSSR count). The Hall–Kier alpha value is -2.64. The smallest absolute Gasteiger partial charge is 0.321 e. The number of urea groups is 1. The first kappa shape index (κ1) is 14.7. The van der Waals surface area contributed by atoms with Gasteiger partial charge in [-0.1, -0.05) is 6.42 Å². The number of carbonyl (C=O) groups excluding carboxylic acids is 2. The maximum absolute atomic E-state index is 12.2. The van der Waals surface area contributed by atoms with Gasteiger partial charge in [0, 0.05) is 32.0 Å². The lowest BCUT2D eigenvalue weighted by molar-refractivity contribution is -0.122. The molecule has 0 bridgehead atoms. The lowest BCUT2D eigenvalue weighted by atomic mass is 10.0. The fourth-order valence-electron chi connectivity index (χ4n) is 4.52. The molecule has 0 spiro atoms. The van der Waals surface area contributed by atoms with E-state index in [9.17, 15) is 9.59 Å². The number of carbonyl (C=O) groups is 2. The number of rotatable bonds is 2. The van der Waals surface area contributed by atoms with Gasteiger partial charge in [-0.25, -0.2) is 14.3 Å². The Morgan fingerprint density at radius 1 is 1.16 bits per heavy atom. The highest BCUT2D eigenvalue weighted by molar-refractivity contribution is 6.00.